The van der Waals surface area contributed by atoms with Gasteiger partial charge in [-0.15, -0.1) is 0 Å². The van der Waals surface area contributed by atoms with Gasteiger partial charge in [0, 0.05) is 13.1 Å². The molecule has 0 spiro atoms. The van der Waals surface area contributed by atoms with Crippen LogP contribution in [0.2, 0.25) is 5.15 Å². The fraction of sp³-hybridized carbons (Fsp3) is 0.333. The summed E-state index contributed by atoms with van der Waals surface area (Å²) in [5.41, 5.74) is 0. The van der Waals surface area contributed by atoms with E-state index < -0.39 is 0 Å². The molecular formula is C9H11ClN6S. The van der Waals surface area contributed by atoms with Crippen LogP contribution in [0.3, 0.4) is 0 Å². The number of aryl methyl sites for hydroxylation is 1. The number of nitrogens with one attached hydrogen (secondary N) is 1. The summed E-state index contributed by atoms with van der Waals surface area (Å²) in [5, 5.41) is 8.31. The minimum absolute atomic E-state index is 0.417. The molecule has 0 atom stereocenters. The fourth-order valence-corrected chi connectivity index (χ4v) is 1.83. The van der Waals surface area contributed by atoms with E-state index >= 15 is 0 Å². The zero-order valence-corrected chi connectivity index (χ0v) is 11.0. The van der Waals surface area contributed by atoms with Gasteiger partial charge >= 0.3 is 0 Å². The second kappa shape index (κ2) is 5.33. The SMILES string of the molecule is CSc1nc(Cl)cc(NCc2ncn(C)n2)n1. The van der Waals surface area contributed by atoms with Gasteiger partial charge < -0.3 is 5.32 Å². The van der Waals surface area contributed by atoms with Gasteiger partial charge in [-0.1, -0.05) is 23.4 Å². The molecule has 1 N–H and O–H groups in total. The monoisotopic (exact) mass is 270 g/mol. The Bertz CT molecular complexity index is 514. The Morgan fingerprint density at radius 3 is 2.94 bits per heavy atom. The van der Waals surface area contributed by atoms with E-state index in [9.17, 15) is 0 Å². The summed E-state index contributed by atoms with van der Waals surface area (Å²) in [4.78, 5) is 12.4. The zero-order chi connectivity index (χ0) is 12.3. The largest absolute Gasteiger partial charge is 0.363 e. The van der Waals surface area contributed by atoms with E-state index in [1.165, 1.54) is 11.8 Å². The highest BCUT2D eigenvalue weighted by atomic mass is 35.5. The van der Waals surface area contributed by atoms with Gasteiger partial charge in [-0.2, -0.15) is 5.10 Å². The highest BCUT2D eigenvalue weighted by molar-refractivity contribution is 7.98. The molecule has 2 aromatic heterocycles. The number of thioether (sulfide) groups is 1. The number of hydrogen-bond acceptors (Lipinski definition) is 6. The van der Waals surface area contributed by atoms with Crippen molar-refractivity contribution >= 4 is 29.2 Å². The van der Waals surface area contributed by atoms with Crippen molar-refractivity contribution in [2.24, 2.45) is 7.05 Å². The summed E-state index contributed by atoms with van der Waals surface area (Å²) >= 11 is 7.32. The summed E-state index contributed by atoms with van der Waals surface area (Å²) in [6, 6.07) is 1.67. The van der Waals surface area contributed by atoms with Crippen LogP contribution in [0.25, 0.3) is 0 Å². The van der Waals surface area contributed by atoms with Crippen LogP contribution in [0, 0.1) is 0 Å². The third-order valence-electron chi connectivity index (χ3n) is 1.93. The second-order valence-electron chi connectivity index (χ2n) is 3.25. The number of aromatic nitrogens is 5. The quantitative estimate of drug-likeness (QED) is 0.517. The summed E-state index contributed by atoms with van der Waals surface area (Å²) < 4.78 is 1.65. The first-order valence-electron chi connectivity index (χ1n) is 4.84. The molecule has 0 saturated heterocycles. The Morgan fingerprint density at radius 1 is 1.47 bits per heavy atom. The van der Waals surface area contributed by atoms with Crippen molar-refractivity contribution in [3.63, 3.8) is 0 Å². The number of anilines is 1. The van der Waals surface area contributed by atoms with Crippen LogP contribution >= 0.6 is 23.4 Å². The zero-order valence-electron chi connectivity index (χ0n) is 9.38. The third-order valence-corrected chi connectivity index (χ3v) is 2.67. The van der Waals surface area contributed by atoms with Crippen LogP contribution in [-0.4, -0.2) is 31.0 Å². The molecule has 0 saturated carbocycles. The van der Waals surface area contributed by atoms with Crippen LogP contribution < -0.4 is 5.32 Å². The van der Waals surface area contributed by atoms with Gasteiger partial charge in [0.25, 0.3) is 0 Å². The molecule has 0 radical (unpaired) electrons. The van der Waals surface area contributed by atoms with Crippen molar-refractivity contribution in [1.29, 1.82) is 0 Å². The van der Waals surface area contributed by atoms with Crippen LogP contribution in [0.5, 0.6) is 0 Å². The van der Waals surface area contributed by atoms with Crippen molar-refractivity contribution in [2.45, 2.75) is 11.7 Å². The lowest BCUT2D eigenvalue weighted by molar-refractivity contribution is 0.746. The lowest BCUT2D eigenvalue weighted by atomic mass is 10.5. The molecule has 6 nitrogen and oxygen atoms in total. The van der Waals surface area contributed by atoms with Crippen molar-refractivity contribution < 1.29 is 0 Å². The van der Waals surface area contributed by atoms with E-state index in [0.29, 0.717) is 28.5 Å². The topological polar surface area (TPSA) is 68.5 Å². The molecule has 17 heavy (non-hydrogen) atoms. The molecule has 0 bridgehead atoms. The number of hydrogen-bond donors (Lipinski definition) is 1. The van der Waals surface area contributed by atoms with Gasteiger partial charge in [-0.25, -0.2) is 15.0 Å². The fourth-order valence-electron chi connectivity index (χ4n) is 1.21. The average molecular weight is 271 g/mol. The molecule has 0 fully saturated rings. The van der Waals surface area contributed by atoms with E-state index in [1.807, 2.05) is 13.3 Å². The van der Waals surface area contributed by atoms with Gasteiger partial charge in [0.15, 0.2) is 11.0 Å². The summed E-state index contributed by atoms with van der Waals surface area (Å²) in [6.07, 6.45) is 3.55. The van der Waals surface area contributed by atoms with Gasteiger partial charge in [0.2, 0.25) is 0 Å². The summed E-state index contributed by atoms with van der Waals surface area (Å²) in [6.45, 7) is 0.502. The molecule has 0 aliphatic heterocycles. The van der Waals surface area contributed by atoms with E-state index in [4.69, 9.17) is 11.6 Å². The molecule has 0 unspecified atom stereocenters. The first-order chi connectivity index (χ1) is 8.17. The van der Waals surface area contributed by atoms with Gasteiger partial charge in [0.05, 0.1) is 6.54 Å². The summed E-state index contributed by atoms with van der Waals surface area (Å²) in [5.74, 6) is 1.37. The Balaban J connectivity index is 2.05. The maximum atomic E-state index is 5.87. The molecule has 0 aliphatic carbocycles. The first-order valence-corrected chi connectivity index (χ1v) is 6.44. The summed E-state index contributed by atoms with van der Waals surface area (Å²) in [7, 11) is 1.82. The van der Waals surface area contributed by atoms with Crippen LogP contribution in [-0.2, 0) is 13.6 Å². The molecule has 0 amide bonds. The third kappa shape index (κ3) is 3.31. The van der Waals surface area contributed by atoms with E-state index in [-0.39, 0.29) is 0 Å². The molecule has 2 rings (SSSR count). The Labute approximate surface area is 108 Å². The molecule has 2 heterocycles. The number of halogens is 1. The van der Waals surface area contributed by atoms with E-state index in [2.05, 4.69) is 25.4 Å². The Morgan fingerprint density at radius 2 is 2.29 bits per heavy atom. The lowest BCUT2D eigenvalue weighted by Crippen LogP contribution is -2.04. The van der Waals surface area contributed by atoms with Crippen molar-refractivity contribution in [3.8, 4) is 0 Å². The highest BCUT2D eigenvalue weighted by Crippen LogP contribution is 2.17. The molecule has 0 aromatic carbocycles. The Kier molecular flexibility index (Phi) is 3.80. The van der Waals surface area contributed by atoms with Crippen LogP contribution in [0.15, 0.2) is 17.6 Å². The molecule has 2 aromatic rings. The molecule has 8 heteroatoms. The van der Waals surface area contributed by atoms with Gasteiger partial charge in [0.1, 0.15) is 17.3 Å². The van der Waals surface area contributed by atoms with E-state index in [1.54, 1.807) is 17.1 Å². The first kappa shape index (κ1) is 12.1. The van der Waals surface area contributed by atoms with Crippen LogP contribution in [0.4, 0.5) is 5.82 Å². The average Bonchev–Trinajstić information content (AvgIpc) is 2.72. The van der Waals surface area contributed by atoms with E-state index in [0.717, 1.165) is 0 Å². The van der Waals surface area contributed by atoms with Gasteiger partial charge in [-0.05, 0) is 6.26 Å². The number of rotatable bonds is 4. The standard InChI is InChI=1S/C9H11ClN6S/c1-16-5-12-8(15-16)4-11-7-3-6(10)13-9(14-7)17-2/h3,5H,4H2,1-2H3,(H,11,13,14). The highest BCUT2D eigenvalue weighted by Gasteiger charge is 2.03. The Hall–Kier alpha value is -1.34. The molecule has 0 aliphatic rings. The van der Waals surface area contributed by atoms with Gasteiger partial charge in [-0.3, -0.25) is 4.68 Å². The lowest BCUT2D eigenvalue weighted by Gasteiger charge is -2.04. The second-order valence-corrected chi connectivity index (χ2v) is 4.41. The maximum absolute atomic E-state index is 5.87. The molecule has 90 valence electrons. The number of nitrogens with zero attached hydrogens (tertiary/aromatic N) is 5. The predicted octanol–water partition coefficient (Wildman–Crippen LogP) is 1.59. The smallest absolute Gasteiger partial charge is 0.190 e. The van der Waals surface area contributed by atoms with Crippen LogP contribution in [0.1, 0.15) is 5.82 Å². The minimum atomic E-state index is 0.417. The maximum Gasteiger partial charge on any atom is 0.190 e. The van der Waals surface area contributed by atoms with Crippen molar-refractivity contribution in [2.75, 3.05) is 11.6 Å². The predicted molar refractivity (Wildman–Crippen MR) is 67.2 cm³/mol. The minimum Gasteiger partial charge on any atom is -0.363 e. The van der Waals surface area contributed by atoms with Crippen molar-refractivity contribution in [3.05, 3.63) is 23.4 Å². The molecular weight excluding hydrogens is 260 g/mol. The normalized spacial score (nSPS) is 10.5. The van der Waals surface area contributed by atoms with Crippen molar-refractivity contribution in [1.82, 2.24) is 24.7 Å².